The molecule has 0 unspecified atom stereocenters. The second kappa shape index (κ2) is 8.66. The highest BCUT2D eigenvalue weighted by Crippen LogP contribution is 2.26. The molecule has 148 valence electrons. The average molecular weight is 410 g/mol. The quantitative estimate of drug-likeness (QED) is 0.472. The van der Waals surface area contributed by atoms with Crippen molar-refractivity contribution in [3.05, 3.63) is 64.4 Å². The van der Waals surface area contributed by atoms with Crippen LogP contribution in [0.25, 0.3) is 10.9 Å². The van der Waals surface area contributed by atoms with Gasteiger partial charge in [-0.25, -0.2) is 4.98 Å². The monoisotopic (exact) mass is 410 g/mol. The molecule has 0 fully saturated rings. The summed E-state index contributed by atoms with van der Waals surface area (Å²) >= 11 is 1.31. The maximum Gasteiger partial charge on any atom is 0.573 e. The summed E-state index contributed by atoms with van der Waals surface area (Å²) in [6, 6.07) is 12.6. The number of aliphatic hydroxyl groups excluding tert-OH is 1. The van der Waals surface area contributed by atoms with E-state index >= 15 is 0 Å². The van der Waals surface area contributed by atoms with Gasteiger partial charge < -0.3 is 9.84 Å². The van der Waals surface area contributed by atoms with E-state index in [1.54, 1.807) is 24.3 Å². The summed E-state index contributed by atoms with van der Waals surface area (Å²) < 4.78 is 42.1. The predicted octanol–water partition coefficient (Wildman–Crippen LogP) is 3.97. The molecule has 0 aliphatic carbocycles. The average Bonchev–Trinajstić information content (AvgIpc) is 2.66. The fourth-order valence-corrected chi connectivity index (χ4v) is 3.60. The second-order valence-electron chi connectivity index (χ2n) is 5.93. The number of benzene rings is 2. The molecule has 1 heterocycles. The smallest absolute Gasteiger partial charge is 0.406 e. The lowest BCUT2D eigenvalue weighted by molar-refractivity contribution is -0.274. The van der Waals surface area contributed by atoms with E-state index in [9.17, 15) is 18.0 Å². The first-order chi connectivity index (χ1) is 13.4. The number of aliphatic hydroxyl groups is 1. The van der Waals surface area contributed by atoms with Crippen molar-refractivity contribution in [2.24, 2.45) is 0 Å². The molecule has 0 aliphatic rings. The van der Waals surface area contributed by atoms with Gasteiger partial charge in [-0.05, 0) is 36.2 Å². The Morgan fingerprint density at radius 2 is 1.82 bits per heavy atom. The Kier molecular flexibility index (Phi) is 6.25. The molecule has 9 heteroatoms. The first-order valence-corrected chi connectivity index (χ1v) is 9.44. The molecule has 0 radical (unpaired) electrons. The van der Waals surface area contributed by atoms with E-state index in [0.717, 1.165) is 5.56 Å². The standard InChI is InChI=1S/C19H17F3N2O3S/c20-19(21,22)27-14-8-6-13(7-9-14)12-28-18-23-16-5-2-1-4-15(16)17(26)24(18)10-3-11-25/h1-2,4-9,25H,3,10-12H2. The molecule has 5 nitrogen and oxygen atoms in total. The van der Waals surface area contributed by atoms with Crippen LogP contribution in [0.1, 0.15) is 12.0 Å². The van der Waals surface area contributed by atoms with Crippen LogP contribution in [0.4, 0.5) is 13.2 Å². The van der Waals surface area contributed by atoms with Crippen LogP contribution in [0, 0.1) is 0 Å². The van der Waals surface area contributed by atoms with Crippen LogP contribution in [-0.2, 0) is 12.3 Å². The number of hydrogen-bond donors (Lipinski definition) is 1. The third-order valence-electron chi connectivity index (χ3n) is 3.89. The van der Waals surface area contributed by atoms with Crippen molar-refractivity contribution >= 4 is 22.7 Å². The molecule has 0 atom stereocenters. The Bertz CT molecular complexity index is 1000. The third kappa shape index (κ3) is 5.05. The second-order valence-corrected chi connectivity index (χ2v) is 6.87. The molecule has 0 aliphatic heterocycles. The first-order valence-electron chi connectivity index (χ1n) is 8.45. The van der Waals surface area contributed by atoms with Crippen molar-refractivity contribution in [3.63, 3.8) is 0 Å². The van der Waals surface area contributed by atoms with Gasteiger partial charge in [-0.15, -0.1) is 13.2 Å². The van der Waals surface area contributed by atoms with E-state index < -0.39 is 6.36 Å². The van der Waals surface area contributed by atoms with Crippen molar-refractivity contribution in [2.75, 3.05) is 6.61 Å². The summed E-state index contributed by atoms with van der Waals surface area (Å²) in [6.45, 7) is 0.276. The minimum atomic E-state index is -4.73. The van der Waals surface area contributed by atoms with Crippen molar-refractivity contribution in [2.45, 2.75) is 30.2 Å². The van der Waals surface area contributed by atoms with Crippen molar-refractivity contribution < 1.29 is 23.0 Å². The van der Waals surface area contributed by atoms with Crippen LogP contribution < -0.4 is 10.3 Å². The summed E-state index contributed by atoms with van der Waals surface area (Å²) in [4.78, 5) is 17.3. The van der Waals surface area contributed by atoms with Crippen LogP contribution in [0.3, 0.4) is 0 Å². The molecule has 1 aromatic heterocycles. The van der Waals surface area contributed by atoms with Gasteiger partial charge in [0, 0.05) is 18.9 Å². The van der Waals surface area contributed by atoms with Gasteiger partial charge in [0.15, 0.2) is 5.16 Å². The zero-order valence-electron chi connectivity index (χ0n) is 14.6. The zero-order valence-corrected chi connectivity index (χ0v) is 15.5. The molecule has 0 saturated heterocycles. The lowest BCUT2D eigenvalue weighted by Crippen LogP contribution is -2.24. The molecular weight excluding hydrogens is 393 g/mol. The van der Waals surface area contributed by atoms with Gasteiger partial charge in [0.1, 0.15) is 5.75 Å². The highest BCUT2D eigenvalue weighted by molar-refractivity contribution is 7.98. The SMILES string of the molecule is O=c1c2ccccc2nc(SCc2ccc(OC(F)(F)F)cc2)n1CCCO. The number of hydrogen-bond acceptors (Lipinski definition) is 5. The first kappa shape index (κ1) is 20.2. The van der Waals surface area contributed by atoms with Gasteiger partial charge in [0.2, 0.25) is 0 Å². The van der Waals surface area contributed by atoms with Crippen molar-refractivity contribution in [1.29, 1.82) is 0 Å². The van der Waals surface area contributed by atoms with E-state index in [1.165, 1.54) is 40.6 Å². The number of rotatable bonds is 7. The van der Waals surface area contributed by atoms with Gasteiger partial charge in [0.05, 0.1) is 10.9 Å². The highest BCUT2D eigenvalue weighted by Gasteiger charge is 2.30. The highest BCUT2D eigenvalue weighted by atomic mass is 32.2. The molecule has 0 saturated carbocycles. The van der Waals surface area contributed by atoms with Gasteiger partial charge >= 0.3 is 6.36 Å². The van der Waals surface area contributed by atoms with E-state index in [-0.39, 0.29) is 17.9 Å². The number of halogens is 3. The van der Waals surface area contributed by atoms with Crippen LogP contribution in [-0.4, -0.2) is 27.6 Å². The number of aromatic nitrogens is 2. The Morgan fingerprint density at radius 3 is 2.50 bits per heavy atom. The van der Waals surface area contributed by atoms with Crippen LogP contribution in [0.2, 0.25) is 0 Å². The fraction of sp³-hybridized carbons (Fsp3) is 0.263. The Hall–Kier alpha value is -2.52. The van der Waals surface area contributed by atoms with Gasteiger partial charge in [-0.1, -0.05) is 36.0 Å². The summed E-state index contributed by atoms with van der Waals surface area (Å²) in [7, 11) is 0. The molecule has 28 heavy (non-hydrogen) atoms. The number of nitrogens with zero attached hydrogens (tertiary/aromatic N) is 2. The van der Waals surface area contributed by atoms with Crippen LogP contribution in [0.5, 0.6) is 5.75 Å². The molecule has 0 spiro atoms. The summed E-state index contributed by atoms with van der Waals surface area (Å²) in [6.07, 6.45) is -4.31. The summed E-state index contributed by atoms with van der Waals surface area (Å²) in [5.74, 6) is 0.126. The van der Waals surface area contributed by atoms with E-state index in [4.69, 9.17) is 5.11 Å². The Morgan fingerprint density at radius 1 is 1.11 bits per heavy atom. The fourth-order valence-electron chi connectivity index (χ4n) is 2.62. The maximum absolute atomic E-state index is 12.7. The normalized spacial score (nSPS) is 11.7. The van der Waals surface area contributed by atoms with E-state index in [0.29, 0.717) is 34.8 Å². The van der Waals surface area contributed by atoms with Gasteiger partial charge in [-0.3, -0.25) is 9.36 Å². The van der Waals surface area contributed by atoms with Crippen molar-refractivity contribution in [1.82, 2.24) is 9.55 Å². The number of para-hydroxylation sites is 1. The number of ether oxygens (including phenoxy) is 1. The van der Waals surface area contributed by atoms with E-state index in [1.807, 2.05) is 0 Å². The van der Waals surface area contributed by atoms with Gasteiger partial charge in [-0.2, -0.15) is 0 Å². The van der Waals surface area contributed by atoms with Gasteiger partial charge in [0.25, 0.3) is 5.56 Å². The Labute approximate surface area is 162 Å². The molecule has 3 aromatic rings. The maximum atomic E-state index is 12.7. The predicted molar refractivity (Wildman–Crippen MR) is 100 cm³/mol. The van der Waals surface area contributed by atoms with E-state index in [2.05, 4.69) is 9.72 Å². The number of alkyl halides is 3. The lowest BCUT2D eigenvalue weighted by Gasteiger charge is -2.13. The largest absolute Gasteiger partial charge is 0.573 e. The minimum absolute atomic E-state index is 0.0515. The topological polar surface area (TPSA) is 64.3 Å². The van der Waals surface area contributed by atoms with Crippen LogP contribution >= 0.6 is 11.8 Å². The lowest BCUT2D eigenvalue weighted by atomic mass is 10.2. The summed E-state index contributed by atoms with van der Waals surface area (Å²) in [5.41, 5.74) is 1.15. The molecule has 2 aromatic carbocycles. The zero-order chi connectivity index (χ0) is 20.1. The summed E-state index contributed by atoms with van der Waals surface area (Å²) in [5, 5.41) is 10.1. The molecule has 3 rings (SSSR count). The Balaban J connectivity index is 1.82. The number of thioether (sulfide) groups is 1. The molecule has 0 amide bonds. The van der Waals surface area contributed by atoms with Crippen LogP contribution in [0.15, 0.2) is 58.5 Å². The third-order valence-corrected chi connectivity index (χ3v) is 4.94. The minimum Gasteiger partial charge on any atom is -0.406 e. The number of fused-ring (bicyclic) bond motifs is 1. The van der Waals surface area contributed by atoms with Crippen molar-refractivity contribution in [3.8, 4) is 5.75 Å². The molecular formula is C19H17F3N2O3S. The molecule has 0 bridgehead atoms. The molecule has 1 N–H and O–H groups in total.